The minimum atomic E-state index is 0.162. The predicted octanol–water partition coefficient (Wildman–Crippen LogP) is 3.06. The smallest absolute Gasteiger partial charge is 0.254 e. The van der Waals surface area contributed by atoms with E-state index >= 15 is 0 Å². The van der Waals surface area contributed by atoms with E-state index in [1.165, 1.54) is 5.92 Å². The van der Waals surface area contributed by atoms with Gasteiger partial charge < -0.3 is 4.90 Å². The third kappa shape index (κ3) is 2.29. The SMILES string of the molecule is C[C](C)CN1CCc2cc(Br)ccc2C1=O. The van der Waals surface area contributed by atoms with Crippen LogP contribution in [0.2, 0.25) is 0 Å². The van der Waals surface area contributed by atoms with Gasteiger partial charge in [0.15, 0.2) is 0 Å². The Morgan fingerprint density at radius 2 is 2.19 bits per heavy atom. The number of fused-ring (bicyclic) bond motifs is 1. The quantitative estimate of drug-likeness (QED) is 0.816. The molecule has 1 heterocycles. The molecule has 0 spiro atoms. The number of hydrogen-bond acceptors (Lipinski definition) is 1. The van der Waals surface area contributed by atoms with E-state index in [1.54, 1.807) is 0 Å². The van der Waals surface area contributed by atoms with Gasteiger partial charge in [0.05, 0.1) is 0 Å². The lowest BCUT2D eigenvalue weighted by Gasteiger charge is -2.29. The topological polar surface area (TPSA) is 20.3 Å². The van der Waals surface area contributed by atoms with Crippen LogP contribution in [0.25, 0.3) is 0 Å². The van der Waals surface area contributed by atoms with Gasteiger partial charge in [0.2, 0.25) is 0 Å². The van der Waals surface area contributed by atoms with Crippen LogP contribution >= 0.6 is 15.9 Å². The number of halogens is 1. The van der Waals surface area contributed by atoms with E-state index in [0.29, 0.717) is 0 Å². The van der Waals surface area contributed by atoms with Crippen molar-refractivity contribution in [2.75, 3.05) is 13.1 Å². The summed E-state index contributed by atoms with van der Waals surface area (Å²) >= 11 is 3.44. The Kier molecular flexibility index (Phi) is 3.33. The van der Waals surface area contributed by atoms with Crippen LogP contribution in [0, 0.1) is 5.92 Å². The monoisotopic (exact) mass is 280 g/mol. The number of benzene rings is 1. The molecule has 2 nitrogen and oxygen atoms in total. The molecule has 3 heteroatoms. The van der Waals surface area contributed by atoms with Crippen LogP contribution in [0.1, 0.15) is 29.8 Å². The standard InChI is InChI=1S/C13H15BrNO/c1-9(2)8-15-6-5-10-7-11(14)3-4-12(10)13(15)16/h3-4,7H,5-6,8H2,1-2H3. The zero-order valence-corrected chi connectivity index (χ0v) is 11.2. The number of carbonyl (C=O) groups excluding carboxylic acids is 1. The molecular formula is C13H15BrNO. The third-order valence-electron chi connectivity index (χ3n) is 2.74. The van der Waals surface area contributed by atoms with Crippen molar-refractivity contribution >= 4 is 21.8 Å². The molecular weight excluding hydrogens is 266 g/mol. The number of amides is 1. The summed E-state index contributed by atoms with van der Waals surface area (Å²) in [5.74, 6) is 1.43. The van der Waals surface area contributed by atoms with Crippen LogP contribution in [-0.2, 0) is 6.42 Å². The fourth-order valence-electron chi connectivity index (χ4n) is 2.04. The summed E-state index contributed by atoms with van der Waals surface area (Å²) in [6.45, 7) is 5.72. The second kappa shape index (κ2) is 4.58. The van der Waals surface area contributed by atoms with Crippen molar-refractivity contribution in [3.63, 3.8) is 0 Å². The lowest BCUT2D eigenvalue weighted by atomic mass is 9.98. The summed E-state index contributed by atoms with van der Waals surface area (Å²) in [4.78, 5) is 14.1. The maximum atomic E-state index is 12.2. The van der Waals surface area contributed by atoms with Crippen molar-refractivity contribution in [3.05, 3.63) is 39.7 Å². The van der Waals surface area contributed by atoms with Crippen molar-refractivity contribution in [1.29, 1.82) is 0 Å². The summed E-state index contributed by atoms with van der Waals surface area (Å²) in [5, 5.41) is 0. The summed E-state index contributed by atoms with van der Waals surface area (Å²) in [6, 6.07) is 5.90. The highest BCUT2D eigenvalue weighted by atomic mass is 79.9. The first kappa shape index (κ1) is 11.6. The molecule has 0 saturated carbocycles. The van der Waals surface area contributed by atoms with E-state index in [-0.39, 0.29) is 5.91 Å². The third-order valence-corrected chi connectivity index (χ3v) is 3.24. The van der Waals surface area contributed by atoms with Gasteiger partial charge >= 0.3 is 0 Å². The largest absolute Gasteiger partial charge is 0.338 e. The van der Waals surface area contributed by atoms with Gasteiger partial charge in [-0.2, -0.15) is 0 Å². The summed E-state index contributed by atoms with van der Waals surface area (Å²) in [7, 11) is 0. The predicted molar refractivity (Wildman–Crippen MR) is 68.3 cm³/mol. The lowest BCUT2D eigenvalue weighted by molar-refractivity contribution is 0.0747. The minimum Gasteiger partial charge on any atom is -0.338 e. The molecule has 16 heavy (non-hydrogen) atoms. The van der Waals surface area contributed by atoms with Gasteiger partial charge in [-0.15, -0.1) is 0 Å². The molecule has 0 saturated heterocycles. The summed E-state index contributed by atoms with van der Waals surface area (Å²) in [5.41, 5.74) is 2.01. The molecule has 0 unspecified atom stereocenters. The van der Waals surface area contributed by atoms with Crippen LogP contribution in [0.15, 0.2) is 22.7 Å². The molecule has 0 fully saturated rings. The summed E-state index contributed by atoms with van der Waals surface area (Å²) in [6.07, 6.45) is 0.952. The molecule has 1 aliphatic rings. The molecule has 0 N–H and O–H groups in total. The van der Waals surface area contributed by atoms with Gasteiger partial charge in [0, 0.05) is 23.1 Å². The number of carbonyl (C=O) groups is 1. The van der Waals surface area contributed by atoms with Crippen LogP contribution in [-0.4, -0.2) is 23.9 Å². The van der Waals surface area contributed by atoms with Crippen molar-refractivity contribution in [2.24, 2.45) is 0 Å². The zero-order chi connectivity index (χ0) is 11.7. The van der Waals surface area contributed by atoms with Crippen LogP contribution < -0.4 is 0 Å². The first-order valence-electron chi connectivity index (χ1n) is 5.44. The summed E-state index contributed by atoms with van der Waals surface area (Å²) < 4.78 is 1.05. The average Bonchev–Trinajstić information content (AvgIpc) is 2.22. The zero-order valence-electron chi connectivity index (χ0n) is 9.59. The second-order valence-corrected chi connectivity index (χ2v) is 5.40. The average molecular weight is 281 g/mol. The normalized spacial score (nSPS) is 15.5. The Hall–Kier alpha value is -0.830. The lowest BCUT2D eigenvalue weighted by Crippen LogP contribution is -2.39. The number of rotatable bonds is 2. The molecule has 0 bridgehead atoms. The Morgan fingerprint density at radius 3 is 2.88 bits per heavy atom. The number of nitrogens with zero attached hydrogens (tertiary/aromatic N) is 1. The highest BCUT2D eigenvalue weighted by Crippen LogP contribution is 2.23. The second-order valence-electron chi connectivity index (χ2n) is 4.49. The first-order valence-corrected chi connectivity index (χ1v) is 6.24. The molecule has 85 valence electrons. The molecule has 2 rings (SSSR count). The highest BCUT2D eigenvalue weighted by molar-refractivity contribution is 9.10. The van der Waals surface area contributed by atoms with E-state index in [4.69, 9.17) is 0 Å². The fourth-order valence-corrected chi connectivity index (χ4v) is 2.45. The molecule has 0 aromatic heterocycles. The van der Waals surface area contributed by atoms with Gasteiger partial charge in [-0.1, -0.05) is 29.8 Å². The molecule has 1 aliphatic heterocycles. The Labute approximate surface area is 105 Å². The minimum absolute atomic E-state index is 0.162. The van der Waals surface area contributed by atoms with Crippen molar-refractivity contribution in [3.8, 4) is 0 Å². The Balaban J connectivity index is 2.25. The van der Waals surface area contributed by atoms with E-state index in [9.17, 15) is 4.79 Å². The van der Waals surface area contributed by atoms with Crippen molar-refractivity contribution in [2.45, 2.75) is 20.3 Å². The van der Waals surface area contributed by atoms with Crippen molar-refractivity contribution < 1.29 is 4.79 Å². The molecule has 1 amide bonds. The Morgan fingerprint density at radius 1 is 1.44 bits per heavy atom. The van der Waals surface area contributed by atoms with Gasteiger partial charge in [-0.25, -0.2) is 0 Å². The Bertz CT molecular complexity index is 414. The molecule has 0 atom stereocenters. The number of hydrogen-bond donors (Lipinski definition) is 0. The maximum absolute atomic E-state index is 12.2. The highest BCUT2D eigenvalue weighted by Gasteiger charge is 2.24. The molecule has 1 radical (unpaired) electrons. The van der Waals surface area contributed by atoms with E-state index < -0.39 is 0 Å². The van der Waals surface area contributed by atoms with E-state index in [2.05, 4.69) is 29.8 Å². The van der Waals surface area contributed by atoms with Crippen LogP contribution in [0.5, 0.6) is 0 Å². The van der Waals surface area contributed by atoms with Gasteiger partial charge in [-0.3, -0.25) is 4.79 Å². The molecule has 1 aromatic carbocycles. The van der Waals surface area contributed by atoms with Gasteiger partial charge in [-0.05, 0) is 36.1 Å². The first-order chi connectivity index (χ1) is 7.58. The van der Waals surface area contributed by atoms with Crippen LogP contribution in [0.3, 0.4) is 0 Å². The van der Waals surface area contributed by atoms with Gasteiger partial charge in [0.1, 0.15) is 0 Å². The fraction of sp³-hybridized carbons (Fsp3) is 0.385. The molecule has 1 aromatic rings. The molecule has 0 aliphatic carbocycles. The van der Waals surface area contributed by atoms with E-state index in [0.717, 1.165) is 35.1 Å². The van der Waals surface area contributed by atoms with Gasteiger partial charge in [0.25, 0.3) is 5.91 Å². The van der Waals surface area contributed by atoms with E-state index in [1.807, 2.05) is 23.1 Å². The van der Waals surface area contributed by atoms with Crippen molar-refractivity contribution in [1.82, 2.24) is 4.90 Å². The maximum Gasteiger partial charge on any atom is 0.254 e. The van der Waals surface area contributed by atoms with Crippen LogP contribution in [0.4, 0.5) is 0 Å².